The molecule has 0 unspecified atom stereocenters. The van der Waals surface area contributed by atoms with Crippen LogP contribution in [0.25, 0.3) is 11.4 Å². The van der Waals surface area contributed by atoms with E-state index in [0.29, 0.717) is 12.2 Å². The SMILES string of the molecule is Cc1nc(-c2ccoc2C)nc(C)c1CCC(=O)O. The molecule has 0 aliphatic rings. The van der Waals surface area contributed by atoms with Gasteiger partial charge in [0.15, 0.2) is 5.82 Å². The fourth-order valence-electron chi connectivity index (χ4n) is 2.07. The average molecular weight is 260 g/mol. The monoisotopic (exact) mass is 260 g/mol. The molecular formula is C14H16N2O3. The van der Waals surface area contributed by atoms with Crippen molar-refractivity contribution in [3.63, 3.8) is 0 Å². The highest BCUT2D eigenvalue weighted by Gasteiger charge is 2.13. The molecule has 100 valence electrons. The molecule has 0 aliphatic heterocycles. The number of hydrogen-bond acceptors (Lipinski definition) is 4. The van der Waals surface area contributed by atoms with Crippen molar-refractivity contribution in [1.82, 2.24) is 9.97 Å². The van der Waals surface area contributed by atoms with Crippen molar-refractivity contribution in [3.05, 3.63) is 35.0 Å². The van der Waals surface area contributed by atoms with Crippen molar-refractivity contribution in [3.8, 4) is 11.4 Å². The van der Waals surface area contributed by atoms with Crippen LogP contribution in [0.15, 0.2) is 16.7 Å². The second-order valence-corrected chi connectivity index (χ2v) is 4.48. The molecule has 0 radical (unpaired) electrons. The predicted octanol–water partition coefficient (Wildman–Crippen LogP) is 2.68. The van der Waals surface area contributed by atoms with Crippen LogP contribution >= 0.6 is 0 Å². The van der Waals surface area contributed by atoms with Gasteiger partial charge in [0.1, 0.15) is 5.76 Å². The first-order valence-electron chi connectivity index (χ1n) is 6.09. The lowest BCUT2D eigenvalue weighted by molar-refractivity contribution is -0.136. The smallest absolute Gasteiger partial charge is 0.303 e. The van der Waals surface area contributed by atoms with Crippen LogP contribution in [0.5, 0.6) is 0 Å². The van der Waals surface area contributed by atoms with Gasteiger partial charge >= 0.3 is 5.97 Å². The molecule has 0 saturated carbocycles. The number of furan rings is 1. The number of aryl methyl sites for hydroxylation is 3. The maximum absolute atomic E-state index is 10.6. The summed E-state index contributed by atoms with van der Waals surface area (Å²) in [4.78, 5) is 19.5. The number of aromatic nitrogens is 2. The van der Waals surface area contributed by atoms with E-state index in [1.165, 1.54) is 0 Å². The van der Waals surface area contributed by atoms with Crippen LogP contribution < -0.4 is 0 Å². The summed E-state index contributed by atoms with van der Waals surface area (Å²) < 4.78 is 5.25. The van der Waals surface area contributed by atoms with E-state index in [4.69, 9.17) is 9.52 Å². The molecule has 2 rings (SSSR count). The van der Waals surface area contributed by atoms with Crippen molar-refractivity contribution in [2.24, 2.45) is 0 Å². The lowest BCUT2D eigenvalue weighted by Gasteiger charge is -2.09. The highest BCUT2D eigenvalue weighted by atomic mass is 16.4. The third kappa shape index (κ3) is 2.81. The molecule has 0 amide bonds. The van der Waals surface area contributed by atoms with Gasteiger partial charge < -0.3 is 9.52 Å². The Kier molecular flexibility index (Phi) is 3.64. The van der Waals surface area contributed by atoms with E-state index in [1.54, 1.807) is 6.26 Å². The van der Waals surface area contributed by atoms with Crippen LogP contribution in [0, 0.1) is 20.8 Å². The molecule has 0 aromatic carbocycles. The van der Waals surface area contributed by atoms with Gasteiger partial charge in [-0.25, -0.2) is 9.97 Å². The zero-order chi connectivity index (χ0) is 14.0. The van der Waals surface area contributed by atoms with E-state index in [1.807, 2.05) is 26.8 Å². The van der Waals surface area contributed by atoms with Gasteiger partial charge in [-0.3, -0.25) is 4.79 Å². The summed E-state index contributed by atoms with van der Waals surface area (Å²) >= 11 is 0. The van der Waals surface area contributed by atoms with Gasteiger partial charge in [-0.2, -0.15) is 0 Å². The van der Waals surface area contributed by atoms with Crippen LogP contribution in [0.4, 0.5) is 0 Å². The number of rotatable bonds is 4. The summed E-state index contributed by atoms with van der Waals surface area (Å²) in [6.07, 6.45) is 2.16. The Morgan fingerprint density at radius 3 is 2.37 bits per heavy atom. The lowest BCUT2D eigenvalue weighted by Crippen LogP contribution is -2.06. The summed E-state index contributed by atoms with van der Waals surface area (Å²) in [5.74, 6) is 0.589. The van der Waals surface area contributed by atoms with Crippen LogP contribution in [-0.4, -0.2) is 21.0 Å². The Morgan fingerprint density at radius 2 is 1.89 bits per heavy atom. The third-order valence-corrected chi connectivity index (χ3v) is 3.11. The maximum atomic E-state index is 10.6. The standard InChI is InChI=1S/C14H16N2O3/c1-8-11(4-5-13(17)18)9(2)16-14(15-8)12-6-7-19-10(12)3/h6-7H,4-5H2,1-3H3,(H,17,18). The molecule has 0 fully saturated rings. The topological polar surface area (TPSA) is 76.2 Å². The van der Waals surface area contributed by atoms with Gasteiger partial charge in [-0.05, 0) is 38.8 Å². The largest absolute Gasteiger partial charge is 0.481 e. The van der Waals surface area contributed by atoms with Gasteiger partial charge in [-0.15, -0.1) is 0 Å². The van der Waals surface area contributed by atoms with Gasteiger partial charge in [-0.1, -0.05) is 0 Å². The fraction of sp³-hybridized carbons (Fsp3) is 0.357. The highest BCUT2D eigenvalue weighted by Crippen LogP contribution is 2.23. The first-order valence-corrected chi connectivity index (χ1v) is 6.09. The number of nitrogens with zero attached hydrogens (tertiary/aromatic N) is 2. The molecular weight excluding hydrogens is 244 g/mol. The maximum Gasteiger partial charge on any atom is 0.303 e. The van der Waals surface area contributed by atoms with Crippen molar-refractivity contribution in [1.29, 1.82) is 0 Å². The zero-order valence-corrected chi connectivity index (χ0v) is 11.2. The molecule has 5 nitrogen and oxygen atoms in total. The number of carboxylic acid groups (broad SMARTS) is 1. The molecule has 0 atom stereocenters. The molecule has 0 aliphatic carbocycles. The minimum atomic E-state index is -0.812. The molecule has 0 saturated heterocycles. The van der Waals surface area contributed by atoms with E-state index >= 15 is 0 Å². The van der Waals surface area contributed by atoms with Crippen LogP contribution in [0.3, 0.4) is 0 Å². The minimum Gasteiger partial charge on any atom is -0.481 e. The molecule has 2 aromatic heterocycles. The molecule has 2 aromatic rings. The molecule has 1 N–H and O–H groups in total. The summed E-state index contributed by atoms with van der Waals surface area (Å²) in [6, 6.07) is 1.83. The number of carbonyl (C=O) groups is 1. The van der Waals surface area contributed by atoms with E-state index < -0.39 is 5.97 Å². The van der Waals surface area contributed by atoms with Crippen molar-refractivity contribution >= 4 is 5.97 Å². The molecule has 2 heterocycles. The minimum absolute atomic E-state index is 0.0924. The van der Waals surface area contributed by atoms with Crippen molar-refractivity contribution < 1.29 is 14.3 Å². The summed E-state index contributed by atoms with van der Waals surface area (Å²) in [5, 5.41) is 8.74. The number of hydrogen-bond donors (Lipinski definition) is 1. The second-order valence-electron chi connectivity index (χ2n) is 4.48. The van der Waals surface area contributed by atoms with Gasteiger partial charge in [0.25, 0.3) is 0 Å². The second kappa shape index (κ2) is 5.22. The average Bonchev–Trinajstić information content (AvgIpc) is 2.73. The Bertz CT molecular complexity index is 594. The molecule has 19 heavy (non-hydrogen) atoms. The van der Waals surface area contributed by atoms with Gasteiger partial charge in [0.2, 0.25) is 0 Å². The molecule has 0 bridgehead atoms. The Labute approximate surface area is 111 Å². The van der Waals surface area contributed by atoms with E-state index in [-0.39, 0.29) is 6.42 Å². The quantitative estimate of drug-likeness (QED) is 0.914. The lowest BCUT2D eigenvalue weighted by atomic mass is 10.1. The van der Waals surface area contributed by atoms with Gasteiger partial charge in [0, 0.05) is 17.8 Å². The van der Waals surface area contributed by atoms with Crippen molar-refractivity contribution in [2.75, 3.05) is 0 Å². The van der Waals surface area contributed by atoms with E-state index in [2.05, 4.69) is 9.97 Å². The molecule has 0 spiro atoms. The Balaban J connectivity index is 2.37. The Hall–Kier alpha value is -2.17. The highest BCUT2D eigenvalue weighted by molar-refractivity contribution is 5.67. The van der Waals surface area contributed by atoms with E-state index in [0.717, 1.165) is 28.3 Å². The summed E-state index contributed by atoms with van der Waals surface area (Å²) in [7, 11) is 0. The van der Waals surface area contributed by atoms with E-state index in [9.17, 15) is 4.79 Å². The van der Waals surface area contributed by atoms with Crippen LogP contribution in [-0.2, 0) is 11.2 Å². The summed E-state index contributed by atoms with van der Waals surface area (Å²) in [6.45, 7) is 5.62. The fourth-order valence-corrected chi connectivity index (χ4v) is 2.07. The molecule has 5 heteroatoms. The van der Waals surface area contributed by atoms with Crippen LogP contribution in [0.2, 0.25) is 0 Å². The number of aliphatic carboxylic acids is 1. The predicted molar refractivity (Wildman–Crippen MR) is 69.9 cm³/mol. The number of carboxylic acids is 1. The summed E-state index contributed by atoms with van der Waals surface area (Å²) in [5.41, 5.74) is 3.43. The van der Waals surface area contributed by atoms with Crippen LogP contribution in [0.1, 0.15) is 29.1 Å². The van der Waals surface area contributed by atoms with Gasteiger partial charge in [0.05, 0.1) is 11.8 Å². The third-order valence-electron chi connectivity index (χ3n) is 3.11. The zero-order valence-electron chi connectivity index (χ0n) is 11.2. The normalized spacial score (nSPS) is 10.7. The first kappa shape index (κ1) is 13.3. The Morgan fingerprint density at radius 1 is 1.26 bits per heavy atom. The first-order chi connectivity index (χ1) is 8.99. The van der Waals surface area contributed by atoms with Crippen molar-refractivity contribution in [2.45, 2.75) is 33.6 Å².